The van der Waals surface area contributed by atoms with Crippen molar-refractivity contribution < 1.29 is 9.18 Å². The molecule has 1 N–H and O–H groups in total. The van der Waals surface area contributed by atoms with E-state index in [1.54, 1.807) is 4.90 Å². The third-order valence-electron chi connectivity index (χ3n) is 3.57. The maximum atomic E-state index is 13.3. The van der Waals surface area contributed by atoms with Crippen LogP contribution in [0.1, 0.15) is 26.7 Å². The van der Waals surface area contributed by atoms with Crippen molar-refractivity contribution in [2.45, 2.75) is 33.2 Å². The molecule has 0 aliphatic rings. The summed E-state index contributed by atoms with van der Waals surface area (Å²) in [5.41, 5.74) is -1.16. The number of benzene rings is 1. The van der Waals surface area contributed by atoms with E-state index in [0.29, 0.717) is 18.6 Å². The predicted octanol–water partition coefficient (Wildman–Crippen LogP) is 1.48. The van der Waals surface area contributed by atoms with Crippen LogP contribution >= 0.6 is 0 Å². The van der Waals surface area contributed by atoms with Crippen LogP contribution in [-0.2, 0) is 11.3 Å². The lowest BCUT2D eigenvalue weighted by Gasteiger charge is -2.22. The SMILES string of the molecule is CCCN(CCC)C(=O)Cn1c(=O)c(=O)[nH]c2cc(F)ccc21. The van der Waals surface area contributed by atoms with Crippen molar-refractivity contribution in [3.63, 3.8) is 0 Å². The van der Waals surface area contributed by atoms with Crippen molar-refractivity contribution in [3.8, 4) is 0 Å². The molecule has 0 radical (unpaired) electrons. The summed E-state index contributed by atoms with van der Waals surface area (Å²) >= 11 is 0. The van der Waals surface area contributed by atoms with Crippen molar-refractivity contribution in [2.75, 3.05) is 13.1 Å². The van der Waals surface area contributed by atoms with Crippen molar-refractivity contribution in [1.29, 1.82) is 0 Å². The van der Waals surface area contributed by atoms with Crippen molar-refractivity contribution in [1.82, 2.24) is 14.5 Å². The fourth-order valence-corrected chi connectivity index (χ4v) is 2.54. The second-order valence-corrected chi connectivity index (χ2v) is 5.39. The number of nitrogens with one attached hydrogen (secondary N) is 1. The van der Waals surface area contributed by atoms with E-state index in [-0.39, 0.29) is 18.0 Å². The molecule has 0 aliphatic carbocycles. The molecule has 0 saturated heterocycles. The molecule has 124 valence electrons. The predicted molar refractivity (Wildman–Crippen MR) is 85.9 cm³/mol. The van der Waals surface area contributed by atoms with Gasteiger partial charge in [-0.25, -0.2) is 4.39 Å². The van der Waals surface area contributed by atoms with Gasteiger partial charge in [0.05, 0.1) is 11.0 Å². The van der Waals surface area contributed by atoms with Crippen LogP contribution in [0.25, 0.3) is 11.0 Å². The maximum Gasteiger partial charge on any atom is 0.317 e. The van der Waals surface area contributed by atoms with Crippen LogP contribution in [0.4, 0.5) is 4.39 Å². The number of aromatic nitrogens is 2. The van der Waals surface area contributed by atoms with Gasteiger partial charge in [-0.15, -0.1) is 0 Å². The number of carbonyl (C=O) groups is 1. The van der Waals surface area contributed by atoms with E-state index in [1.807, 2.05) is 13.8 Å². The molecule has 0 aliphatic heterocycles. The average molecular weight is 321 g/mol. The topological polar surface area (TPSA) is 75.2 Å². The quantitative estimate of drug-likeness (QED) is 0.819. The van der Waals surface area contributed by atoms with E-state index in [4.69, 9.17) is 0 Å². The summed E-state index contributed by atoms with van der Waals surface area (Å²) < 4.78 is 14.4. The van der Waals surface area contributed by atoms with E-state index in [1.165, 1.54) is 12.1 Å². The Kier molecular flexibility index (Phi) is 5.31. The average Bonchev–Trinajstić information content (AvgIpc) is 2.51. The molecule has 0 spiro atoms. The largest absolute Gasteiger partial charge is 0.341 e. The van der Waals surface area contributed by atoms with E-state index in [2.05, 4.69) is 4.98 Å². The second kappa shape index (κ2) is 7.21. The molecule has 0 saturated carbocycles. The van der Waals surface area contributed by atoms with Gasteiger partial charge in [0.1, 0.15) is 12.4 Å². The Hall–Kier alpha value is -2.44. The zero-order chi connectivity index (χ0) is 17.0. The standard InChI is InChI=1S/C16H20FN3O3/c1-3-7-19(8-4-2)14(21)10-20-13-6-5-11(17)9-12(13)18-15(22)16(20)23/h5-6,9H,3-4,7-8,10H2,1-2H3,(H,18,22). The number of H-pyrrole nitrogens is 1. The Balaban J connectivity index is 2.46. The van der Waals surface area contributed by atoms with Crippen LogP contribution in [0.5, 0.6) is 0 Å². The Morgan fingerprint density at radius 2 is 1.87 bits per heavy atom. The van der Waals surface area contributed by atoms with Crippen LogP contribution in [0.15, 0.2) is 27.8 Å². The first-order chi connectivity index (χ1) is 11.0. The van der Waals surface area contributed by atoms with E-state index in [9.17, 15) is 18.8 Å². The van der Waals surface area contributed by atoms with E-state index < -0.39 is 16.9 Å². The molecule has 0 unspecified atom stereocenters. The molecule has 2 rings (SSSR count). The van der Waals surface area contributed by atoms with Gasteiger partial charge in [0.25, 0.3) is 0 Å². The fraction of sp³-hybridized carbons (Fsp3) is 0.438. The van der Waals surface area contributed by atoms with Gasteiger partial charge in [-0.2, -0.15) is 0 Å². The molecule has 0 fully saturated rings. The molecular weight excluding hydrogens is 301 g/mol. The molecular formula is C16H20FN3O3. The first-order valence-electron chi connectivity index (χ1n) is 7.68. The molecule has 1 aromatic heterocycles. The van der Waals surface area contributed by atoms with Crippen molar-refractivity contribution >= 4 is 16.9 Å². The lowest BCUT2D eigenvalue weighted by molar-refractivity contribution is -0.131. The van der Waals surface area contributed by atoms with Crippen LogP contribution < -0.4 is 11.1 Å². The zero-order valence-corrected chi connectivity index (χ0v) is 13.3. The Labute approximate surface area is 132 Å². The monoisotopic (exact) mass is 321 g/mol. The second-order valence-electron chi connectivity index (χ2n) is 5.39. The van der Waals surface area contributed by atoms with Crippen molar-refractivity contribution in [3.05, 3.63) is 44.7 Å². The van der Waals surface area contributed by atoms with Crippen LogP contribution in [0.3, 0.4) is 0 Å². The lowest BCUT2D eigenvalue weighted by Crippen LogP contribution is -2.42. The van der Waals surface area contributed by atoms with Gasteiger partial charge in [0.2, 0.25) is 5.91 Å². The molecule has 7 heteroatoms. The molecule has 0 atom stereocenters. The zero-order valence-electron chi connectivity index (χ0n) is 13.3. The third kappa shape index (κ3) is 3.67. The van der Waals surface area contributed by atoms with Crippen molar-refractivity contribution in [2.24, 2.45) is 0 Å². The van der Waals surface area contributed by atoms with Crippen LogP contribution in [0, 0.1) is 5.82 Å². The highest BCUT2D eigenvalue weighted by Gasteiger charge is 2.16. The van der Waals surface area contributed by atoms with Gasteiger partial charge in [-0.1, -0.05) is 13.8 Å². The van der Waals surface area contributed by atoms with Crippen LogP contribution in [0.2, 0.25) is 0 Å². The third-order valence-corrected chi connectivity index (χ3v) is 3.57. The highest BCUT2D eigenvalue weighted by molar-refractivity contribution is 5.80. The fourth-order valence-electron chi connectivity index (χ4n) is 2.54. The number of carbonyl (C=O) groups excluding carboxylic acids is 1. The number of nitrogens with zero attached hydrogens (tertiary/aromatic N) is 2. The van der Waals surface area contributed by atoms with Gasteiger partial charge in [-0.3, -0.25) is 19.0 Å². The summed E-state index contributed by atoms with van der Waals surface area (Å²) in [7, 11) is 0. The normalized spacial score (nSPS) is 10.9. The molecule has 0 bridgehead atoms. The Bertz CT molecular complexity index is 819. The molecule has 1 aromatic carbocycles. The molecule has 6 nitrogen and oxygen atoms in total. The number of hydrogen-bond donors (Lipinski definition) is 1. The number of amides is 1. The van der Waals surface area contributed by atoms with Gasteiger partial charge in [0.15, 0.2) is 0 Å². The van der Waals surface area contributed by atoms with Gasteiger partial charge < -0.3 is 9.88 Å². The summed E-state index contributed by atoms with van der Waals surface area (Å²) in [5, 5.41) is 0. The minimum atomic E-state index is -0.867. The molecule has 23 heavy (non-hydrogen) atoms. The highest BCUT2D eigenvalue weighted by Crippen LogP contribution is 2.11. The summed E-state index contributed by atoms with van der Waals surface area (Å²) in [6, 6.07) is 3.71. The van der Waals surface area contributed by atoms with Gasteiger partial charge in [0, 0.05) is 13.1 Å². The van der Waals surface area contributed by atoms with Crippen LogP contribution in [-0.4, -0.2) is 33.4 Å². The summed E-state index contributed by atoms with van der Waals surface area (Å²) in [5.74, 6) is -0.754. The Morgan fingerprint density at radius 1 is 1.22 bits per heavy atom. The van der Waals surface area contributed by atoms with E-state index in [0.717, 1.165) is 23.5 Å². The number of fused-ring (bicyclic) bond motifs is 1. The summed E-state index contributed by atoms with van der Waals surface area (Å²) in [4.78, 5) is 40.3. The minimum absolute atomic E-state index is 0.194. The summed E-state index contributed by atoms with van der Waals surface area (Å²) in [6.45, 7) is 4.89. The number of rotatable bonds is 6. The van der Waals surface area contributed by atoms with Gasteiger partial charge in [-0.05, 0) is 31.0 Å². The number of aromatic amines is 1. The number of hydrogen-bond acceptors (Lipinski definition) is 3. The Morgan fingerprint density at radius 3 is 2.48 bits per heavy atom. The molecule has 1 heterocycles. The maximum absolute atomic E-state index is 13.3. The lowest BCUT2D eigenvalue weighted by atomic mass is 10.2. The first kappa shape index (κ1) is 16.9. The van der Waals surface area contributed by atoms with E-state index >= 15 is 0 Å². The smallest absolute Gasteiger partial charge is 0.317 e. The number of halogens is 1. The summed E-state index contributed by atoms with van der Waals surface area (Å²) in [6.07, 6.45) is 1.62. The first-order valence-corrected chi connectivity index (χ1v) is 7.68. The molecule has 1 amide bonds. The van der Waals surface area contributed by atoms with Gasteiger partial charge >= 0.3 is 11.1 Å². The molecule has 2 aromatic rings. The highest BCUT2D eigenvalue weighted by atomic mass is 19.1. The minimum Gasteiger partial charge on any atom is -0.341 e.